The molecule has 0 fully saturated rings. The van der Waals surface area contributed by atoms with Crippen LogP contribution in [0.3, 0.4) is 0 Å². The summed E-state index contributed by atoms with van der Waals surface area (Å²) < 4.78 is 0. The molecule has 1 aromatic rings. The van der Waals surface area contributed by atoms with Crippen molar-refractivity contribution in [3.8, 4) is 0 Å². The molecule has 2 unspecified atom stereocenters. The van der Waals surface area contributed by atoms with Gasteiger partial charge < -0.3 is 10.6 Å². The maximum absolute atomic E-state index is 12.7. The van der Waals surface area contributed by atoms with Gasteiger partial charge in [0.25, 0.3) is 0 Å². The summed E-state index contributed by atoms with van der Waals surface area (Å²) in [6.45, 7) is 2.38. The van der Waals surface area contributed by atoms with Gasteiger partial charge in [-0.05, 0) is 37.7 Å². The van der Waals surface area contributed by atoms with Gasteiger partial charge in [-0.15, -0.1) is 17.8 Å². The Morgan fingerprint density at radius 3 is 2.81 bits per heavy atom. The number of benzene rings is 1. The van der Waals surface area contributed by atoms with Crippen molar-refractivity contribution in [2.45, 2.75) is 31.3 Å². The Balaban J connectivity index is 2.77. The highest BCUT2D eigenvalue weighted by Crippen LogP contribution is 2.12. The van der Waals surface area contributed by atoms with Crippen molar-refractivity contribution < 1.29 is 19.4 Å². The van der Waals surface area contributed by atoms with E-state index in [1.165, 1.54) is 7.11 Å². The lowest BCUT2D eigenvalue weighted by atomic mass is 10.0. The summed E-state index contributed by atoms with van der Waals surface area (Å²) in [5.41, 5.74) is 1.49. The molecule has 0 aliphatic carbocycles. The molecule has 0 radical (unpaired) electrons. The average molecular weight is 400 g/mol. The minimum Gasteiger partial charge on any atom is -0.349 e. The summed E-state index contributed by atoms with van der Waals surface area (Å²) >= 11 is 0. The lowest BCUT2D eigenvalue weighted by Gasteiger charge is -2.23. The monoisotopic (exact) mass is 400 g/mol. The molecular weight excluding hydrogens is 370 g/mol. The first-order valence-corrected chi connectivity index (χ1v) is 11.3. The Morgan fingerprint density at radius 1 is 1.38 bits per heavy atom. The van der Waals surface area contributed by atoms with Crippen molar-refractivity contribution in [1.82, 2.24) is 10.6 Å². The molecule has 0 bridgehead atoms. The number of rotatable bonds is 14. The van der Waals surface area contributed by atoms with Gasteiger partial charge in [0.05, 0.1) is 19.2 Å². The van der Waals surface area contributed by atoms with E-state index in [0.717, 1.165) is 39.4 Å². The highest BCUT2D eigenvalue weighted by Gasteiger charge is 2.21. The van der Waals surface area contributed by atoms with Crippen LogP contribution in [0.4, 0.5) is 0 Å². The molecule has 26 heavy (non-hydrogen) atoms. The molecule has 0 aromatic heterocycles. The normalized spacial score (nSPS) is 13.7. The van der Waals surface area contributed by atoms with E-state index in [-0.39, 0.29) is 24.6 Å². The Morgan fingerprint density at radius 2 is 2.15 bits per heavy atom. The number of carbonyl (C=O) groups excluding carboxylic acids is 2. The summed E-state index contributed by atoms with van der Waals surface area (Å²) in [6, 6.07) is 6.82. The van der Waals surface area contributed by atoms with Crippen molar-refractivity contribution >= 4 is 30.0 Å². The molecule has 0 heterocycles. The Labute approximate surface area is 160 Å². The van der Waals surface area contributed by atoms with Gasteiger partial charge in [0, 0.05) is 11.8 Å². The van der Waals surface area contributed by atoms with Gasteiger partial charge >= 0.3 is 0 Å². The summed E-state index contributed by atoms with van der Waals surface area (Å²) in [5, 5.41) is 6.25. The van der Waals surface area contributed by atoms with Crippen LogP contribution in [0.15, 0.2) is 24.3 Å². The van der Waals surface area contributed by atoms with Crippen LogP contribution in [0.25, 0.3) is 0 Å². The van der Waals surface area contributed by atoms with E-state index < -0.39 is 0 Å². The largest absolute Gasteiger partial charge is 0.349 e. The Hall–Kier alpha value is -0.900. The van der Waals surface area contributed by atoms with Gasteiger partial charge in [0.2, 0.25) is 5.91 Å². The van der Waals surface area contributed by atoms with Crippen LogP contribution in [0, 0.1) is 0 Å². The second kappa shape index (κ2) is 14.2. The van der Waals surface area contributed by atoms with Crippen LogP contribution in [-0.4, -0.2) is 57.1 Å². The fraction of sp³-hybridized carbons (Fsp3) is 0.556. The van der Waals surface area contributed by atoms with E-state index >= 15 is 0 Å². The van der Waals surface area contributed by atoms with Gasteiger partial charge in [0.1, 0.15) is 12.9 Å². The maximum atomic E-state index is 12.7. The van der Waals surface area contributed by atoms with Crippen LogP contribution < -0.4 is 10.6 Å². The van der Waals surface area contributed by atoms with E-state index in [4.69, 9.17) is 9.78 Å². The molecule has 4 atom stereocenters. The van der Waals surface area contributed by atoms with Crippen molar-refractivity contribution in [2.75, 3.05) is 32.8 Å². The fourth-order valence-corrected chi connectivity index (χ4v) is 3.50. The van der Waals surface area contributed by atoms with Crippen LogP contribution in [0.1, 0.15) is 28.8 Å². The smallest absolute Gasteiger partial charge is 0.237 e. The van der Waals surface area contributed by atoms with Crippen LogP contribution in [0.5, 0.6) is 0 Å². The zero-order valence-corrected chi connectivity index (χ0v) is 17.6. The standard InChI is InChI=1S/C18H30N2O4P2/c1-23-24-12-16(10-14-6-3-4-7-15(14)11-21)20-18(22)17(19-13-25)8-5-9-26-2/h3-4,6-7,11,16-17,19,26H,5,8-10,12-13,25H2,1-2H3,(H,20,22)/t16-,17-/m0/s1. The third kappa shape index (κ3) is 8.66. The van der Waals surface area contributed by atoms with E-state index in [1.54, 1.807) is 6.07 Å². The lowest BCUT2D eigenvalue weighted by molar-refractivity contribution is -0.275. The lowest BCUT2D eigenvalue weighted by Crippen LogP contribution is -2.49. The van der Waals surface area contributed by atoms with E-state index in [2.05, 4.69) is 26.5 Å². The highest BCUT2D eigenvalue weighted by molar-refractivity contribution is 7.36. The Kier molecular flexibility index (Phi) is 12.6. The SMILES string of the molecule is COOC[C@H](Cc1ccccc1C=O)NC(=O)[C@H](CCCPC)NCP. The summed E-state index contributed by atoms with van der Waals surface area (Å²) in [6.07, 6.45) is 4.91. The molecule has 1 amide bonds. The number of hydrogen-bond acceptors (Lipinski definition) is 5. The molecule has 2 N–H and O–H groups in total. The van der Waals surface area contributed by atoms with E-state index in [0.29, 0.717) is 18.3 Å². The molecule has 1 aromatic carbocycles. The molecule has 0 aliphatic rings. The second-order valence-electron chi connectivity index (χ2n) is 5.88. The molecule has 0 saturated carbocycles. The van der Waals surface area contributed by atoms with Crippen molar-refractivity contribution in [2.24, 2.45) is 0 Å². The van der Waals surface area contributed by atoms with E-state index in [1.807, 2.05) is 18.2 Å². The predicted octanol–water partition coefficient (Wildman–Crippen LogP) is 1.98. The molecule has 8 heteroatoms. The number of amides is 1. The zero-order valence-electron chi connectivity index (χ0n) is 15.5. The van der Waals surface area contributed by atoms with Gasteiger partial charge in [-0.3, -0.25) is 9.59 Å². The number of carbonyl (C=O) groups is 2. The van der Waals surface area contributed by atoms with Crippen molar-refractivity contribution in [3.63, 3.8) is 0 Å². The molecule has 0 saturated heterocycles. The zero-order chi connectivity index (χ0) is 19.2. The molecule has 146 valence electrons. The van der Waals surface area contributed by atoms with Crippen molar-refractivity contribution in [1.29, 1.82) is 0 Å². The number of hydrogen-bond donors (Lipinski definition) is 2. The minimum atomic E-state index is -0.287. The second-order valence-corrected chi connectivity index (χ2v) is 7.50. The minimum absolute atomic E-state index is 0.0554. The van der Waals surface area contributed by atoms with Gasteiger partial charge in [-0.25, -0.2) is 9.78 Å². The third-order valence-electron chi connectivity index (χ3n) is 3.98. The molecule has 0 spiro atoms. The molecule has 0 aliphatic heterocycles. The third-order valence-corrected chi connectivity index (χ3v) is 5.07. The average Bonchev–Trinajstić information content (AvgIpc) is 2.65. The highest BCUT2D eigenvalue weighted by atomic mass is 31.1. The summed E-state index contributed by atoms with van der Waals surface area (Å²) in [7, 11) is 4.92. The molecule has 6 nitrogen and oxygen atoms in total. The first-order chi connectivity index (χ1) is 12.7. The predicted molar refractivity (Wildman–Crippen MR) is 110 cm³/mol. The van der Waals surface area contributed by atoms with Gasteiger partial charge in [0.15, 0.2) is 0 Å². The quantitative estimate of drug-likeness (QED) is 0.164. The first-order valence-electron chi connectivity index (χ1n) is 8.73. The first kappa shape index (κ1) is 23.1. The van der Waals surface area contributed by atoms with Gasteiger partial charge in [-0.2, -0.15) is 0 Å². The summed E-state index contributed by atoms with van der Waals surface area (Å²) in [4.78, 5) is 33.7. The number of nitrogens with one attached hydrogen (secondary N) is 2. The Bertz CT molecular complexity index is 546. The number of aldehydes is 1. The van der Waals surface area contributed by atoms with Crippen LogP contribution in [0.2, 0.25) is 0 Å². The topological polar surface area (TPSA) is 76.7 Å². The van der Waals surface area contributed by atoms with Gasteiger partial charge in [-0.1, -0.05) is 24.3 Å². The van der Waals surface area contributed by atoms with Crippen LogP contribution >= 0.6 is 17.8 Å². The van der Waals surface area contributed by atoms with Crippen molar-refractivity contribution in [3.05, 3.63) is 35.4 Å². The van der Waals surface area contributed by atoms with Crippen LogP contribution in [-0.2, 0) is 21.0 Å². The molecule has 1 rings (SSSR count). The maximum Gasteiger partial charge on any atom is 0.237 e. The van der Waals surface area contributed by atoms with E-state index in [9.17, 15) is 9.59 Å². The summed E-state index contributed by atoms with van der Waals surface area (Å²) in [5.74, 6) is -0.0554. The fourth-order valence-electron chi connectivity index (χ4n) is 2.66. The molecular formula is C18H30N2O4P2.